The molecule has 1 saturated heterocycles. The van der Waals surface area contributed by atoms with Gasteiger partial charge in [0, 0.05) is 24.0 Å². The third-order valence-corrected chi connectivity index (χ3v) is 9.36. The summed E-state index contributed by atoms with van der Waals surface area (Å²) in [6.45, 7) is 7.64. The van der Waals surface area contributed by atoms with Crippen molar-refractivity contribution in [3.8, 4) is 5.75 Å². The summed E-state index contributed by atoms with van der Waals surface area (Å²) in [5.41, 5.74) is 4.56. The Kier molecular flexibility index (Phi) is 6.74. The number of carbonyl (C=O) groups excluding carboxylic acids is 1. The number of ketones is 1. The van der Waals surface area contributed by atoms with Crippen LogP contribution in [0.2, 0.25) is 0 Å². The summed E-state index contributed by atoms with van der Waals surface area (Å²) in [5, 5.41) is 10.4. The van der Waals surface area contributed by atoms with E-state index in [1.54, 1.807) is 7.11 Å². The van der Waals surface area contributed by atoms with Crippen LogP contribution in [0.1, 0.15) is 71.3 Å². The smallest absolute Gasteiger partial charge is 0.165 e. The molecule has 1 N–H and O–H groups in total. The van der Waals surface area contributed by atoms with Crippen LogP contribution in [0, 0.1) is 29.1 Å². The number of hydrogen-bond donors (Lipinski definition) is 1. The molecule has 4 aliphatic rings. The molecule has 4 atom stereocenters. The van der Waals surface area contributed by atoms with E-state index in [1.807, 2.05) is 12.1 Å². The van der Waals surface area contributed by atoms with Crippen molar-refractivity contribution in [1.29, 1.82) is 0 Å². The van der Waals surface area contributed by atoms with Crippen LogP contribution in [0.25, 0.3) is 0 Å². The Morgan fingerprint density at radius 2 is 1.83 bits per heavy atom. The highest BCUT2D eigenvalue weighted by Crippen LogP contribution is 2.59. The Balaban J connectivity index is 1.56. The zero-order chi connectivity index (χ0) is 24.8. The van der Waals surface area contributed by atoms with Crippen molar-refractivity contribution in [2.75, 3.05) is 20.3 Å². The summed E-state index contributed by atoms with van der Waals surface area (Å²) in [4.78, 5) is 14.1. The molecule has 5 rings (SSSR count). The maximum absolute atomic E-state index is 14.1. The predicted molar refractivity (Wildman–Crippen MR) is 138 cm³/mol. The van der Waals surface area contributed by atoms with Gasteiger partial charge in [0.2, 0.25) is 0 Å². The molecule has 1 aromatic carbocycles. The van der Waals surface area contributed by atoms with E-state index < -0.39 is 0 Å². The number of rotatable bonds is 9. The third kappa shape index (κ3) is 4.31. The van der Waals surface area contributed by atoms with Gasteiger partial charge in [-0.1, -0.05) is 57.4 Å². The topological polar surface area (TPSA) is 59.1 Å². The largest absolute Gasteiger partial charge is 0.497 e. The molecule has 0 aromatic heterocycles. The molecule has 0 amide bonds. The molecule has 3 aliphatic carbocycles. The van der Waals surface area contributed by atoms with Gasteiger partial charge >= 0.3 is 0 Å². The van der Waals surface area contributed by atoms with Gasteiger partial charge < -0.3 is 14.6 Å². The summed E-state index contributed by atoms with van der Waals surface area (Å²) in [6, 6.07) is 8.30. The molecule has 1 spiro atoms. The summed E-state index contributed by atoms with van der Waals surface area (Å²) in [7, 11) is 1.69. The monoisotopic (exact) mass is 478 g/mol. The average Bonchev–Trinajstić information content (AvgIpc) is 3.35. The van der Waals surface area contributed by atoms with E-state index in [0.29, 0.717) is 18.3 Å². The van der Waals surface area contributed by atoms with Crippen molar-refractivity contribution >= 4 is 5.78 Å². The first-order valence-corrected chi connectivity index (χ1v) is 13.7. The second kappa shape index (κ2) is 9.52. The summed E-state index contributed by atoms with van der Waals surface area (Å²) in [5.74, 6) is 2.03. The number of Topliss-reactive ketones (excluding diaryl/α,β-unsaturated/α-hetero) is 1. The molecule has 4 unspecified atom stereocenters. The second-order valence-corrected chi connectivity index (χ2v) is 12.0. The van der Waals surface area contributed by atoms with Crippen LogP contribution < -0.4 is 4.74 Å². The lowest BCUT2D eigenvalue weighted by Gasteiger charge is -2.38. The number of epoxide rings is 1. The fourth-order valence-corrected chi connectivity index (χ4v) is 7.45. The van der Waals surface area contributed by atoms with E-state index in [-0.39, 0.29) is 35.4 Å². The highest BCUT2D eigenvalue weighted by molar-refractivity contribution is 6.03. The minimum absolute atomic E-state index is 0.0346. The van der Waals surface area contributed by atoms with Crippen LogP contribution in [0.3, 0.4) is 0 Å². The highest BCUT2D eigenvalue weighted by Gasteiger charge is 2.64. The molecule has 1 aromatic rings. The van der Waals surface area contributed by atoms with Crippen LogP contribution in [-0.2, 0) is 16.0 Å². The lowest BCUT2D eigenvalue weighted by atomic mass is 9.64. The SMILES string of the molecule is CCC1C(=O)C2=C(C=C(CC3(CO)CCCC3)C2Cc2ccc(OC)cc2)C(CC(C)C)C12CO2. The molecule has 2 fully saturated rings. The number of benzene rings is 1. The van der Waals surface area contributed by atoms with Crippen molar-refractivity contribution in [2.24, 2.45) is 29.1 Å². The lowest BCUT2D eigenvalue weighted by Crippen LogP contribution is -2.45. The Hall–Kier alpha value is -1.91. The van der Waals surface area contributed by atoms with Crippen LogP contribution in [-0.4, -0.2) is 36.8 Å². The van der Waals surface area contributed by atoms with E-state index in [9.17, 15) is 9.90 Å². The number of hydrogen-bond acceptors (Lipinski definition) is 4. The standard InChI is InChI=1S/C31H42O4/c1-5-26-29(33)28-24(15-21-8-10-23(34-4)11-9-21)22(17-30(18-32)12-6-7-13-30)16-25(28)27(14-20(2)3)31(26)19-35-31/h8-11,16,20,24,26-27,32H,5-7,12-15,17-19H2,1-4H3. The second-order valence-electron chi connectivity index (χ2n) is 12.0. The number of aliphatic hydroxyl groups excluding tert-OH is 1. The quantitative estimate of drug-likeness (QED) is 0.438. The van der Waals surface area contributed by atoms with Gasteiger partial charge in [-0.3, -0.25) is 4.79 Å². The van der Waals surface area contributed by atoms with Gasteiger partial charge in [-0.05, 0) is 73.1 Å². The Morgan fingerprint density at radius 3 is 2.37 bits per heavy atom. The predicted octanol–water partition coefficient (Wildman–Crippen LogP) is 6.07. The first-order chi connectivity index (χ1) is 16.9. The molecule has 4 heteroatoms. The third-order valence-electron chi connectivity index (χ3n) is 9.36. The highest BCUT2D eigenvalue weighted by atomic mass is 16.6. The molecule has 0 radical (unpaired) electrons. The first-order valence-electron chi connectivity index (χ1n) is 13.7. The van der Waals surface area contributed by atoms with Crippen LogP contribution >= 0.6 is 0 Å². The molecule has 35 heavy (non-hydrogen) atoms. The van der Waals surface area contributed by atoms with Gasteiger partial charge in [-0.2, -0.15) is 0 Å². The van der Waals surface area contributed by atoms with Gasteiger partial charge in [0.15, 0.2) is 5.78 Å². The maximum atomic E-state index is 14.1. The van der Waals surface area contributed by atoms with Crippen molar-refractivity contribution in [1.82, 2.24) is 0 Å². The van der Waals surface area contributed by atoms with Gasteiger partial charge in [0.25, 0.3) is 0 Å². The molecular formula is C31H42O4. The number of allylic oxidation sites excluding steroid dienone is 3. The summed E-state index contributed by atoms with van der Waals surface area (Å²) >= 11 is 0. The summed E-state index contributed by atoms with van der Waals surface area (Å²) in [6.07, 6.45) is 10.5. The number of carbonyl (C=O) groups is 1. The maximum Gasteiger partial charge on any atom is 0.165 e. The van der Waals surface area contributed by atoms with Gasteiger partial charge in [-0.25, -0.2) is 0 Å². The zero-order valence-electron chi connectivity index (χ0n) is 21.9. The fraction of sp³-hybridized carbons (Fsp3) is 0.645. The van der Waals surface area contributed by atoms with Crippen LogP contribution in [0.5, 0.6) is 5.75 Å². The Morgan fingerprint density at radius 1 is 1.14 bits per heavy atom. The van der Waals surface area contributed by atoms with E-state index in [2.05, 4.69) is 39.0 Å². The number of ether oxygens (including phenoxy) is 2. The minimum atomic E-state index is -0.298. The van der Waals surface area contributed by atoms with Crippen LogP contribution in [0.15, 0.2) is 47.1 Å². The normalized spacial score (nSPS) is 31.3. The Bertz CT molecular complexity index is 1000. The average molecular weight is 479 g/mol. The van der Waals surface area contributed by atoms with Gasteiger partial charge in [0.1, 0.15) is 11.4 Å². The first kappa shape index (κ1) is 24.8. The van der Waals surface area contributed by atoms with E-state index in [4.69, 9.17) is 9.47 Å². The Labute approximate surface area is 210 Å². The van der Waals surface area contributed by atoms with E-state index in [0.717, 1.165) is 49.8 Å². The van der Waals surface area contributed by atoms with Crippen molar-refractivity contribution in [3.05, 3.63) is 52.6 Å². The molecule has 0 bridgehead atoms. The lowest BCUT2D eigenvalue weighted by molar-refractivity contribution is -0.123. The number of aliphatic hydroxyl groups is 1. The van der Waals surface area contributed by atoms with Crippen molar-refractivity contribution in [2.45, 2.75) is 77.7 Å². The molecule has 4 nitrogen and oxygen atoms in total. The summed E-state index contributed by atoms with van der Waals surface area (Å²) < 4.78 is 11.6. The number of methoxy groups -OCH3 is 1. The molecular weight excluding hydrogens is 436 g/mol. The molecule has 1 aliphatic heterocycles. The zero-order valence-corrected chi connectivity index (χ0v) is 21.9. The van der Waals surface area contributed by atoms with Gasteiger partial charge in [-0.15, -0.1) is 0 Å². The minimum Gasteiger partial charge on any atom is -0.497 e. The van der Waals surface area contributed by atoms with Crippen LogP contribution in [0.4, 0.5) is 0 Å². The van der Waals surface area contributed by atoms with Crippen molar-refractivity contribution in [3.63, 3.8) is 0 Å². The molecule has 1 saturated carbocycles. The fourth-order valence-electron chi connectivity index (χ4n) is 7.45. The van der Waals surface area contributed by atoms with E-state index >= 15 is 0 Å². The van der Waals surface area contributed by atoms with Gasteiger partial charge in [0.05, 0.1) is 19.6 Å². The molecule has 1 heterocycles. The van der Waals surface area contributed by atoms with Crippen molar-refractivity contribution < 1.29 is 19.4 Å². The molecule has 190 valence electrons. The van der Waals surface area contributed by atoms with E-state index in [1.165, 1.54) is 29.6 Å².